The molecule has 1 amide bonds. The normalized spacial score (nSPS) is 15.3. The van der Waals surface area contributed by atoms with Crippen molar-refractivity contribution < 1.29 is 19.4 Å². The second-order valence-electron chi connectivity index (χ2n) is 8.37. The molecule has 1 aliphatic heterocycles. The first-order chi connectivity index (χ1) is 17.7. The molecular weight excluding hydrogens is 514 g/mol. The van der Waals surface area contributed by atoms with E-state index in [9.17, 15) is 14.7 Å². The number of likely N-dealkylation sites (N-methyl/N-ethyl adjacent to an activating group) is 1. The van der Waals surface area contributed by atoms with Gasteiger partial charge in [0, 0.05) is 29.2 Å². The second kappa shape index (κ2) is 10.8. The highest BCUT2D eigenvalue weighted by Crippen LogP contribution is 2.38. The number of halogens is 1. The first-order valence-electron chi connectivity index (χ1n) is 11.8. The summed E-state index contributed by atoms with van der Waals surface area (Å²) in [4.78, 5) is 34.5. The zero-order chi connectivity index (χ0) is 26.9. The summed E-state index contributed by atoms with van der Waals surface area (Å²) in [7, 11) is 3.09. The maximum Gasteiger partial charge on any atom is 0.271 e. The number of aromatic nitrogens is 1. The quantitative estimate of drug-likeness (QED) is 0.494. The summed E-state index contributed by atoms with van der Waals surface area (Å²) in [5.41, 5.74) is 1.56. The molecule has 2 aromatic carbocycles. The van der Waals surface area contributed by atoms with Gasteiger partial charge >= 0.3 is 0 Å². The van der Waals surface area contributed by atoms with Crippen molar-refractivity contribution in [1.29, 1.82) is 0 Å². The Labute approximate surface area is 223 Å². The summed E-state index contributed by atoms with van der Waals surface area (Å²) < 4.78 is 13.0. The summed E-state index contributed by atoms with van der Waals surface area (Å²) >= 11 is 7.29. The number of methoxy groups -OCH3 is 2. The van der Waals surface area contributed by atoms with Crippen LogP contribution in [-0.4, -0.2) is 47.8 Å². The van der Waals surface area contributed by atoms with Crippen LogP contribution in [0.3, 0.4) is 0 Å². The Hall–Kier alpha value is -3.56. The predicted molar refractivity (Wildman–Crippen MR) is 144 cm³/mol. The number of fused-ring (bicyclic) bond motifs is 1. The number of hydrogen-bond acceptors (Lipinski definition) is 7. The number of benzene rings is 2. The number of hydrogen-bond donors (Lipinski definition) is 1. The van der Waals surface area contributed by atoms with E-state index in [1.165, 1.54) is 22.0 Å². The Kier molecular flexibility index (Phi) is 7.75. The topological polar surface area (TPSA) is 93.4 Å². The highest BCUT2D eigenvalue weighted by molar-refractivity contribution is 7.07. The molecule has 0 saturated heterocycles. The standard InChI is InChI=1S/C27H28ClN3O5S/c1-6-30(7-2)26(34)23-15(3)29-27-31(24(23)19-14-18(35-4)9-11-21(19)36-5)25(33)22(37-27)13-16-12-17(28)8-10-20(16)32/h8-14,24,32H,6-7H2,1-5H3/b22-13+/t24-/m1/s1. The van der Waals surface area contributed by atoms with Crippen molar-refractivity contribution in [1.82, 2.24) is 9.47 Å². The monoisotopic (exact) mass is 541 g/mol. The minimum atomic E-state index is -0.801. The molecule has 1 aromatic heterocycles. The van der Waals surface area contributed by atoms with Gasteiger partial charge in [0.15, 0.2) is 4.80 Å². The molecule has 0 bridgehead atoms. The van der Waals surface area contributed by atoms with Crippen molar-refractivity contribution >= 4 is 34.9 Å². The minimum Gasteiger partial charge on any atom is -0.507 e. The third kappa shape index (κ3) is 4.89. The van der Waals surface area contributed by atoms with Crippen LogP contribution in [0, 0.1) is 0 Å². The highest BCUT2D eigenvalue weighted by Gasteiger charge is 2.36. The van der Waals surface area contributed by atoms with Crippen molar-refractivity contribution in [2.75, 3.05) is 27.3 Å². The Balaban J connectivity index is 2.05. The van der Waals surface area contributed by atoms with Gasteiger partial charge in [-0.25, -0.2) is 4.99 Å². The number of carbonyl (C=O) groups is 1. The van der Waals surface area contributed by atoms with Crippen LogP contribution in [0.2, 0.25) is 5.02 Å². The van der Waals surface area contributed by atoms with Crippen molar-refractivity contribution in [3.63, 3.8) is 0 Å². The molecule has 0 aliphatic carbocycles. The van der Waals surface area contributed by atoms with Crippen LogP contribution in [0.15, 0.2) is 57.5 Å². The molecule has 10 heteroatoms. The van der Waals surface area contributed by atoms with Gasteiger partial charge in [0.05, 0.1) is 30.0 Å². The average Bonchev–Trinajstić information content (AvgIpc) is 3.19. The molecule has 1 aliphatic rings. The predicted octanol–water partition coefficient (Wildman–Crippen LogP) is 3.48. The summed E-state index contributed by atoms with van der Waals surface area (Å²) in [5.74, 6) is 0.858. The van der Waals surface area contributed by atoms with Crippen molar-refractivity contribution in [3.05, 3.63) is 83.5 Å². The van der Waals surface area contributed by atoms with Crippen molar-refractivity contribution in [2.45, 2.75) is 26.8 Å². The molecule has 194 valence electrons. The van der Waals surface area contributed by atoms with Crippen LogP contribution < -0.4 is 24.4 Å². The highest BCUT2D eigenvalue weighted by atomic mass is 35.5. The molecule has 0 radical (unpaired) electrons. The Bertz CT molecular complexity index is 1570. The number of rotatable bonds is 7. The zero-order valence-corrected chi connectivity index (χ0v) is 22.8. The van der Waals surface area contributed by atoms with E-state index in [4.69, 9.17) is 21.1 Å². The number of ether oxygens (including phenoxy) is 2. The van der Waals surface area contributed by atoms with E-state index >= 15 is 0 Å². The number of nitrogens with zero attached hydrogens (tertiary/aromatic N) is 3. The van der Waals surface area contributed by atoms with Gasteiger partial charge in [0.2, 0.25) is 0 Å². The number of phenolic OH excluding ortho intramolecular Hbond substituents is 1. The maximum atomic E-state index is 13.9. The van der Waals surface area contributed by atoms with E-state index in [0.717, 1.165) is 0 Å². The molecule has 4 rings (SSSR count). The smallest absolute Gasteiger partial charge is 0.271 e. The second-order valence-corrected chi connectivity index (χ2v) is 9.82. The number of phenols is 1. The molecular formula is C27H28ClN3O5S. The average molecular weight is 542 g/mol. The van der Waals surface area contributed by atoms with Crippen LogP contribution in [0.1, 0.15) is 37.9 Å². The number of allylic oxidation sites excluding steroid dienone is 1. The fraction of sp³-hybridized carbons (Fsp3) is 0.296. The number of thiazole rings is 1. The Morgan fingerprint density at radius 3 is 2.57 bits per heavy atom. The van der Waals surface area contributed by atoms with Crippen molar-refractivity contribution in [3.8, 4) is 17.2 Å². The van der Waals surface area contributed by atoms with E-state index in [2.05, 4.69) is 4.99 Å². The molecule has 1 atom stereocenters. The van der Waals surface area contributed by atoms with Crippen LogP contribution in [0.25, 0.3) is 6.08 Å². The van der Waals surface area contributed by atoms with E-state index in [1.807, 2.05) is 13.8 Å². The number of carbonyl (C=O) groups excluding carboxylic acids is 1. The molecule has 0 fully saturated rings. The van der Waals surface area contributed by atoms with Crippen LogP contribution in [-0.2, 0) is 4.79 Å². The minimum absolute atomic E-state index is 0.00479. The molecule has 3 aromatic rings. The van der Waals surface area contributed by atoms with Gasteiger partial charge < -0.3 is 19.5 Å². The Morgan fingerprint density at radius 2 is 1.92 bits per heavy atom. The lowest BCUT2D eigenvalue weighted by Gasteiger charge is -2.30. The molecule has 2 heterocycles. The van der Waals surface area contributed by atoms with Gasteiger partial charge in [0.25, 0.3) is 11.5 Å². The molecule has 37 heavy (non-hydrogen) atoms. The van der Waals surface area contributed by atoms with Gasteiger partial charge in [-0.1, -0.05) is 22.9 Å². The molecule has 1 N–H and O–H groups in total. The number of aromatic hydroxyl groups is 1. The van der Waals surface area contributed by atoms with Gasteiger partial charge in [-0.05, 0) is 63.2 Å². The summed E-state index contributed by atoms with van der Waals surface area (Å²) in [6.45, 7) is 6.60. The van der Waals surface area contributed by atoms with E-state index in [0.29, 0.717) is 61.3 Å². The van der Waals surface area contributed by atoms with E-state index < -0.39 is 6.04 Å². The van der Waals surface area contributed by atoms with Crippen LogP contribution >= 0.6 is 22.9 Å². The maximum absolute atomic E-state index is 13.9. The molecule has 0 saturated carbocycles. The SMILES string of the molecule is CCN(CC)C(=O)C1=C(C)N=c2s/c(=C/c3cc(Cl)ccc3O)c(=O)n2[C@@H]1c1cc(OC)ccc1OC. The van der Waals surface area contributed by atoms with Gasteiger partial charge in [-0.3, -0.25) is 14.2 Å². The van der Waals surface area contributed by atoms with Crippen molar-refractivity contribution in [2.24, 2.45) is 4.99 Å². The lowest BCUT2D eigenvalue weighted by molar-refractivity contribution is -0.127. The molecule has 0 spiro atoms. The fourth-order valence-corrected chi connectivity index (χ4v) is 5.62. The third-order valence-corrected chi connectivity index (χ3v) is 7.53. The zero-order valence-electron chi connectivity index (χ0n) is 21.2. The van der Waals surface area contributed by atoms with Gasteiger partial charge in [0.1, 0.15) is 23.3 Å². The third-order valence-electron chi connectivity index (χ3n) is 6.31. The summed E-state index contributed by atoms with van der Waals surface area (Å²) in [6.07, 6.45) is 1.58. The largest absolute Gasteiger partial charge is 0.507 e. The van der Waals surface area contributed by atoms with Gasteiger partial charge in [-0.2, -0.15) is 0 Å². The van der Waals surface area contributed by atoms with E-state index in [-0.39, 0.29) is 17.2 Å². The fourth-order valence-electron chi connectivity index (χ4n) is 4.41. The van der Waals surface area contributed by atoms with Crippen LogP contribution in [0.4, 0.5) is 0 Å². The Morgan fingerprint density at radius 1 is 1.19 bits per heavy atom. The molecule has 8 nitrogen and oxygen atoms in total. The number of amides is 1. The molecule has 0 unspecified atom stereocenters. The first-order valence-corrected chi connectivity index (χ1v) is 13.0. The lowest BCUT2D eigenvalue weighted by Crippen LogP contribution is -2.43. The first kappa shape index (κ1) is 26.5. The summed E-state index contributed by atoms with van der Waals surface area (Å²) in [6, 6.07) is 9.11. The van der Waals surface area contributed by atoms with Gasteiger partial charge in [-0.15, -0.1) is 0 Å². The van der Waals surface area contributed by atoms with E-state index in [1.54, 1.807) is 62.5 Å². The lowest BCUT2D eigenvalue weighted by atomic mass is 9.93. The van der Waals surface area contributed by atoms with Crippen LogP contribution in [0.5, 0.6) is 17.2 Å². The summed E-state index contributed by atoms with van der Waals surface area (Å²) in [5, 5.41) is 10.7.